The predicted molar refractivity (Wildman–Crippen MR) is 96.1 cm³/mol. The largest absolute Gasteiger partial charge is 0.484 e. The fourth-order valence-corrected chi connectivity index (χ4v) is 4.08. The quantitative estimate of drug-likeness (QED) is 0.727. The minimum Gasteiger partial charge on any atom is -0.484 e. The Hall–Kier alpha value is -1.79. The summed E-state index contributed by atoms with van der Waals surface area (Å²) in [4.78, 5) is 24.1. The fourth-order valence-electron chi connectivity index (χ4n) is 3.96. The molecule has 4 fully saturated rings. The molecule has 4 saturated carbocycles. The third-order valence-electron chi connectivity index (χ3n) is 5.53. The van der Waals surface area contributed by atoms with Gasteiger partial charge in [-0.2, -0.15) is 0 Å². The van der Waals surface area contributed by atoms with E-state index in [1.54, 1.807) is 24.3 Å². The van der Waals surface area contributed by atoms with Gasteiger partial charge in [0.1, 0.15) is 12.4 Å². The van der Waals surface area contributed by atoms with E-state index in [0.717, 1.165) is 32.1 Å². The Morgan fingerprint density at radius 2 is 1.54 bits per heavy atom. The van der Waals surface area contributed by atoms with Gasteiger partial charge in [-0.25, -0.2) is 0 Å². The van der Waals surface area contributed by atoms with E-state index in [-0.39, 0.29) is 41.7 Å². The molecule has 0 unspecified atom stereocenters. The SMILES string of the molecule is CC1(OCC(=O)NC23CC(NC(=O)COc4ccc(Cl)cc4)(C2)C3)CC1. The van der Waals surface area contributed by atoms with E-state index in [2.05, 4.69) is 10.6 Å². The van der Waals surface area contributed by atoms with Crippen LogP contribution in [0.25, 0.3) is 0 Å². The van der Waals surface area contributed by atoms with Crippen molar-refractivity contribution < 1.29 is 19.1 Å². The summed E-state index contributed by atoms with van der Waals surface area (Å²) in [5.41, 5.74) is -0.428. The van der Waals surface area contributed by atoms with Crippen molar-refractivity contribution in [2.24, 2.45) is 0 Å². The molecule has 0 aliphatic heterocycles. The topological polar surface area (TPSA) is 76.7 Å². The summed E-state index contributed by atoms with van der Waals surface area (Å²) < 4.78 is 11.1. The highest BCUT2D eigenvalue weighted by molar-refractivity contribution is 6.30. The fraction of sp³-hybridized carbons (Fsp3) is 0.579. The van der Waals surface area contributed by atoms with Crippen LogP contribution in [0.2, 0.25) is 5.02 Å². The number of amides is 2. The predicted octanol–water partition coefficient (Wildman–Crippen LogP) is 2.20. The van der Waals surface area contributed by atoms with E-state index in [1.807, 2.05) is 6.92 Å². The third kappa shape index (κ3) is 3.67. The van der Waals surface area contributed by atoms with E-state index in [4.69, 9.17) is 21.1 Å². The van der Waals surface area contributed by atoms with Crippen molar-refractivity contribution in [2.75, 3.05) is 13.2 Å². The summed E-state index contributed by atoms with van der Waals surface area (Å²) in [6.07, 6.45) is 4.37. The van der Waals surface area contributed by atoms with E-state index < -0.39 is 0 Å². The zero-order valence-corrected chi connectivity index (χ0v) is 15.5. The smallest absolute Gasteiger partial charge is 0.258 e. The van der Waals surface area contributed by atoms with Crippen LogP contribution in [-0.4, -0.2) is 41.7 Å². The number of carbonyl (C=O) groups excluding carboxylic acids is 2. The van der Waals surface area contributed by atoms with Gasteiger partial charge in [0.25, 0.3) is 5.91 Å². The van der Waals surface area contributed by atoms with Gasteiger partial charge in [-0.1, -0.05) is 11.6 Å². The number of rotatable bonds is 8. The Morgan fingerprint density at radius 3 is 2.08 bits per heavy atom. The van der Waals surface area contributed by atoms with Crippen LogP contribution in [-0.2, 0) is 14.3 Å². The maximum absolute atomic E-state index is 12.1. The first-order chi connectivity index (χ1) is 12.3. The van der Waals surface area contributed by atoms with Crippen molar-refractivity contribution in [3.63, 3.8) is 0 Å². The lowest BCUT2D eigenvalue weighted by molar-refractivity contribution is -0.153. The third-order valence-corrected chi connectivity index (χ3v) is 5.78. The monoisotopic (exact) mass is 378 g/mol. The first-order valence-electron chi connectivity index (χ1n) is 8.94. The Balaban J connectivity index is 1.16. The van der Waals surface area contributed by atoms with E-state index >= 15 is 0 Å². The number of ether oxygens (including phenoxy) is 2. The summed E-state index contributed by atoms with van der Waals surface area (Å²) in [5, 5.41) is 6.72. The van der Waals surface area contributed by atoms with Gasteiger partial charge in [0.2, 0.25) is 5.91 Å². The molecule has 0 heterocycles. The highest BCUT2D eigenvalue weighted by Crippen LogP contribution is 2.60. The number of hydrogen-bond donors (Lipinski definition) is 2. The van der Waals surface area contributed by atoms with Crippen LogP contribution in [0.3, 0.4) is 0 Å². The second-order valence-corrected chi connectivity index (χ2v) is 8.60. The Morgan fingerprint density at radius 1 is 1.00 bits per heavy atom. The molecule has 4 aliphatic rings. The molecule has 2 bridgehead atoms. The molecule has 0 aromatic heterocycles. The highest BCUT2D eigenvalue weighted by atomic mass is 35.5. The van der Waals surface area contributed by atoms with Crippen molar-refractivity contribution in [3.05, 3.63) is 29.3 Å². The minimum atomic E-state index is -0.183. The average molecular weight is 379 g/mol. The molecule has 6 nitrogen and oxygen atoms in total. The Kier molecular flexibility index (Phi) is 4.15. The van der Waals surface area contributed by atoms with Gasteiger partial charge in [-0.3, -0.25) is 9.59 Å². The van der Waals surface area contributed by atoms with Crippen LogP contribution in [0.5, 0.6) is 5.75 Å². The number of carbonyl (C=O) groups is 2. The van der Waals surface area contributed by atoms with Crippen molar-refractivity contribution in [1.29, 1.82) is 0 Å². The number of nitrogens with one attached hydrogen (secondary N) is 2. The second kappa shape index (κ2) is 6.13. The average Bonchev–Trinajstić information content (AvgIpc) is 3.27. The zero-order valence-electron chi connectivity index (χ0n) is 14.8. The van der Waals surface area contributed by atoms with Crippen molar-refractivity contribution in [3.8, 4) is 5.75 Å². The minimum absolute atomic E-state index is 0.0326. The van der Waals surface area contributed by atoms with Gasteiger partial charge in [-0.05, 0) is 63.3 Å². The normalized spacial score (nSPS) is 29.8. The molecule has 2 amide bonds. The lowest BCUT2D eigenvalue weighted by atomic mass is 9.44. The molecular formula is C19H23ClN2O4. The van der Waals surface area contributed by atoms with Crippen LogP contribution in [0.1, 0.15) is 39.0 Å². The van der Waals surface area contributed by atoms with Crippen LogP contribution in [0, 0.1) is 0 Å². The number of halogens is 1. The molecule has 1 aromatic rings. The van der Waals surface area contributed by atoms with Crippen LogP contribution in [0.4, 0.5) is 0 Å². The van der Waals surface area contributed by atoms with Gasteiger partial charge < -0.3 is 20.1 Å². The lowest BCUT2D eigenvalue weighted by Crippen LogP contribution is -2.84. The van der Waals surface area contributed by atoms with E-state index in [1.165, 1.54) is 0 Å². The van der Waals surface area contributed by atoms with Crippen LogP contribution >= 0.6 is 11.6 Å². The molecule has 0 saturated heterocycles. The first kappa shape index (κ1) is 17.6. The van der Waals surface area contributed by atoms with Gasteiger partial charge in [0.15, 0.2) is 6.61 Å². The molecule has 5 rings (SSSR count). The second-order valence-electron chi connectivity index (χ2n) is 8.17. The van der Waals surface area contributed by atoms with Crippen molar-refractivity contribution >= 4 is 23.4 Å². The summed E-state index contributed by atoms with van der Waals surface area (Å²) >= 11 is 5.81. The molecule has 4 aliphatic carbocycles. The number of hydrogen-bond acceptors (Lipinski definition) is 4. The zero-order chi connectivity index (χ0) is 18.4. The van der Waals surface area contributed by atoms with Gasteiger partial charge >= 0.3 is 0 Å². The maximum Gasteiger partial charge on any atom is 0.258 e. The molecule has 1 aromatic carbocycles. The molecule has 7 heteroatoms. The molecule has 0 radical (unpaired) electrons. The molecule has 0 atom stereocenters. The maximum atomic E-state index is 12.1. The molecular weight excluding hydrogens is 356 g/mol. The van der Waals surface area contributed by atoms with Gasteiger partial charge in [0.05, 0.1) is 5.60 Å². The molecule has 0 spiro atoms. The molecule has 140 valence electrons. The molecule has 2 N–H and O–H groups in total. The number of benzene rings is 1. The standard InChI is InChI=1S/C19H23ClN2O4/c1-17(6-7-17)26-9-16(24)22-19-10-18(11-19,12-19)21-15(23)8-25-14-4-2-13(20)3-5-14/h2-5H,6-12H2,1H3,(H,21,23)(H,22,24). The van der Waals surface area contributed by atoms with E-state index in [9.17, 15) is 9.59 Å². The highest BCUT2D eigenvalue weighted by Gasteiger charge is 2.69. The summed E-state index contributed by atoms with van der Waals surface area (Å²) in [6.45, 7) is 2.11. The lowest BCUT2D eigenvalue weighted by Gasteiger charge is -2.70. The van der Waals surface area contributed by atoms with Crippen molar-refractivity contribution in [1.82, 2.24) is 10.6 Å². The van der Waals surface area contributed by atoms with Crippen LogP contribution in [0.15, 0.2) is 24.3 Å². The Labute approximate surface area is 157 Å². The van der Waals surface area contributed by atoms with Gasteiger partial charge in [0, 0.05) is 16.1 Å². The summed E-state index contributed by atoms with van der Waals surface area (Å²) in [6, 6.07) is 6.89. The summed E-state index contributed by atoms with van der Waals surface area (Å²) in [5.74, 6) is 0.392. The van der Waals surface area contributed by atoms with Gasteiger partial charge in [-0.15, -0.1) is 0 Å². The van der Waals surface area contributed by atoms with Crippen LogP contribution < -0.4 is 15.4 Å². The van der Waals surface area contributed by atoms with Crippen molar-refractivity contribution in [2.45, 2.75) is 55.7 Å². The Bertz CT molecular complexity index is 710. The van der Waals surface area contributed by atoms with E-state index in [0.29, 0.717) is 10.8 Å². The molecule has 26 heavy (non-hydrogen) atoms. The summed E-state index contributed by atoms with van der Waals surface area (Å²) in [7, 11) is 0. The first-order valence-corrected chi connectivity index (χ1v) is 9.32.